The molecular weight excluding hydrogens is 170 g/mol. The van der Waals surface area contributed by atoms with Crippen molar-refractivity contribution in [1.29, 1.82) is 0 Å². The van der Waals surface area contributed by atoms with Crippen LogP contribution in [0.4, 0.5) is 0 Å². The Hall–Kier alpha value is -0.0400. The van der Waals surface area contributed by atoms with Crippen molar-refractivity contribution in [3.8, 4) is 0 Å². The minimum absolute atomic E-state index is 0.855. The number of hydrogen-bond acceptors (Lipinski definition) is 1. The molecular formula is C13H29N. The van der Waals surface area contributed by atoms with Gasteiger partial charge in [0.1, 0.15) is 0 Å². The van der Waals surface area contributed by atoms with E-state index in [0.717, 1.165) is 11.8 Å². The van der Waals surface area contributed by atoms with Gasteiger partial charge in [0.05, 0.1) is 0 Å². The van der Waals surface area contributed by atoms with Crippen molar-refractivity contribution in [1.82, 2.24) is 5.32 Å². The highest BCUT2D eigenvalue weighted by Gasteiger charge is 2.01. The molecule has 0 rings (SSSR count). The maximum Gasteiger partial charge on any atom is -0.00232 e. The first kappa shape index (κ1) is 14.0. The van der Waals surface area contributed by atoms with E-state index < -0.39 is 0 Å². The number of rotatable bonds is 9. The predicted molar refractivity (Wildman–Crippen MR) is 65.6 cm³/mol. The van der Waals surface area contributed by atoms with E-state index in [-0.39, 0.29) is 0 Å². The minimum Gasteiger partial charge on any atom is -0.316 e. The summed E-state index contributed by atoms with van der Waals surface area (Å²) < 4.78 is 0. The Bertz CT molecular complexity index is 110. The second-order valence-electron chi connectivity index (χ2n) is 4.99. The molecule has 0 aliphatic heterocycles. The molecule has 0 fully saturated rings. The third kappa shape index (κ3) is 10.0. The van der Waals surface area contributed by atoms with Crippen molar-refractivity contribution in [2.24, 2.45) is 11.8 Å². The van der Waals surface area contributed by atoms with Crippen molar-refractivity contribution in [2.45, 2.75) is 59.8 Å². The van der Waals surface area contributed by atoms with E-state index in [1.807, 2.05) is 0 Å². The van der Waals surface area contributed by atoms with Crippen LogP contribution in [0.3, 0.4) is 0 Å². The van der Waals surface area contributed by atoms with Crippen LogP contribution < -0.4 is 5.32 Å². The third-order valence-corrected chi connectivity index (χ3v) is 2.65. The second-order valence-corrected chi connectivity index (χ2v) is 4.99. The quantitative estimate of drug-likeness (QED) is 0.556. The average molecular weight is 199 g/mol. The van der Waals surface area contributed by atoms with Gasteiger partial charge in [-0.25, -0.2) is 0 Å². The smallest absolute Gasteiger partial charge is 0.00232 e. The van der Waals surface area contributed by atoms with Gasteiger partial charge in [-0.2, -0.15) is 0 Å². The van der Waals surface area contributed by atoms with Crippen LogP contribution in [0.2, 0.25) is 0 Å². The van der Waals surface area contributed by atoms with Crippen molar-refractivity contribution in [2.75, 3.05) is 13.1 Å². The second kappa shape index (κ2) is 9.51. The Labute approximate surface area is 90.7 Å². The Morgan fingerprint density at radius 3 is 2.21 bits per heavy atom. The lowest BCUT2D eigenvalue weighted by molar-refractivity contribution is 0.439. The highest BCUT2D eigenvalue weighted by Crippen LogP contribution is 2.12. The molecule has 1 unspecified atom stereocenters. The molecule has 0 spiro atoms. The number of hydrogen-bond donors (Lipinski definition) is 1. The molecule has 0 aliphatic carbocycles. The molecule has 0 saturated heterocycles. The maximum absolute atomic E-state index is 3.48. The van der Waals surface area contributed by atoms with E-state index >= 15 is 0 Å². The first-order chi connectivity index (χ1) is 6.66. The fraction of sp³-hybridized carbons (Fsp3) is 1.00. The van der Waals surface area contributed by atoms with Crippen LogP contribution in [0.25, 0.3) is 0 Å². The summed E-state index contributed by atoms with van der Waals surface area (Å²) in [4.78, 5) is 0. The van der Waals surface area contributed by atoms with Crippen LogP contribution in [-0.4, -0.2) is 13.1 Å². The standard InChI is InChI=1S/C13H29N/c1-5-10-14-11-13(4)9-7-6-8-12(2)3/h12-14H,5-11H2,1-4H3. The molecule has 1 atom stereocenters. The molecule has 0 saturated carbocycles. The fourth-order valence-corrected chi connectivity index (χ4v) is 1.67. The summed E-state index contributed by atoms with van der Waals surface area (Å²) in [6, 6.07) is 0. The molecule has 14 heavy (non-hydrogen) atoms. The number of unbranched alkanes of at least 4 members (excludes halogenated alkanes) is 1. The predicted octanol–water partition coefficient (Wildman–Crippen LogP) is 3.84. The van der Waals surface area contributed by atoms with Gasteiger partial charge in [-0.05, 0) is 37.8 Å². The molecule has 0 aromatic rings. The zero-order chi connectivity index (χ0) is 10.8. The van der Waals surface area contributed by atoms with E-state index in [9.17, 15) is 0 Å². The molecule has 0 amide bonds. The zero-order valence-electron chi connectivity index (χ0n) is 10.6. The molecule has 1 heteroatoms. The summed E-state index contributed by atoms with van der Waals surface area (Å²) in [5.41, 5.74) is 0. The molecule has 86 valence electrons. The summed E-state index contributed by atoms with van der Waals surface area (Å²) in [6.07, 6.45) is 6.86. The summed E-state index contributed by atoms with van der Waals surface area (Å²) >= 11 is 0. The molecule has 0 radical (unpaired) electrons. The van der Waals surface area contributed by atoms with Gasteiger partial charge in [0.25, 0.3) is 0 Å². The molecule has 1 N–H and O–H groups in total. The highest BCUT2D eigenvalue weighted by molar-refractivity contribution is 4.57. The molecule has 1 nitrogen and oxygen atoms in total. The summed E-state index contributed by atoms with van der Waals surface area (Å²) in [5, 5.41) is 3.48. The molecule has 0 aromatic carbocycles. The lowest BCUT2D eigenvalue weighted by atomic mass is 10.00. The van der Waals surface area contributed by atoms with E-state index in [1.54, 1.807) is 0 Å². The van der Waals surface area contributed by atoms with Crippen LogP contribution in [0.1, 0.15) is 59.8 Å². The summed E-state index contributed by atoms with van der Waals surface area (Å²) in [6.45, 7) is 11.6. The van der Waals surface area contributed by atoms with Gasteiger partial charge < -0.3 is 5.32 Å². The molecule has 0 aliphatic rings. The van der Waals surface area contributed by atoms with Gasteiger partial charge in [-0.3, -0.25) is 0 Å². The normalized spacial score (nSPS) is 13.5. The van der Waals surface area contributed by atoms with Crippen LogP contribution in [-0.2, 0) is 0 Å². The fourth-order valence-electron chi connectivity index (χ4n) is 1.67. The van der Waals surface area contributed by atoms with Crippen molar-refractivity contribution >= 4 is 0 Å². The Balaban J connectivity index is 3.14. The van der Waals surface area contributed by atoms with Crippen LogP contribution >= 0.6 is 0 Å². The highest BCUT2D eigenvalue weighted by atomic mass is 14.8. The first-order valence-electron chi connectivity index (χ1n) is 6.37. The first-order valence-corrected chi connectivity index (χ1v) is 6.37. The van der Waals surface area contributed by atoms with Gasteiger partial charge in [0, 0.05) is 0 Å². The third-order valence-electron chi connectivity index (χ3n) is 2.65. The Morgan fingerprint density at radius 2 is 1.64 bits per heavy atom. The van der Waals surface area contributed by atoms with E-state index in [4.69, 9.17) is 0 Å². The Morgan fingerprint density at radius 1 is 1.00 bits per heavy atom. The van der Waals surface area contributed by atoms with Crippen molar-refractivity contribution < 1.29 is 0 Å². The lowest BCUT2D eigenvalue weighted by Gasteiger charge is -2.12. The summed E-state index contributed by atoms with van der Waals surface area (Å²) in [5.74, 6) is 1.73. The largest absolute Gasteiger partial charge is 0.316 e. The van der Waals surface area contributed by atoms with E-state index in [0.29, 0.717) is 0 Å². The molecule has 0 heterocycles. The topological polar surface area (TPSA) is 12.0 Å². The van der Waals surface area contributed by atoms with Crippen LogP contribution in [0.15, 0.2) is 0 Å². The maximum atomic E-state index is 3.48. The van der Waals surface area contributed by atoms with E-state index in [2.05, 4.69) is 33.0 Å². The van der Waals surface area contributed by atoms with Crippen LogP contribution in [0, 0.1) is 11.8 Å². The lowest BCUT2D eigenvalue weighted by Crippen LogP contribution is -2.21. The Kier molecular flexibility index (Phi) is 9.49. The van der Waals surface area contributed by atoms with E-state index in [1.165, 1.54) is 45.2 Å². The van der Waals surface area contributed by atoms with Gasteiger partial charge in [0.15, 0.2) is 0 Å². The molecule has 0 bridgehead atoms. The van der Waals surface area contributed by atoms with Crippen LogP contribution in [0.5, 0.6) is 0 Å². The SMILES string of the molecule is CCCNCC(C)CCCCC(C)C. The molecule has 0 aromatic heterocycles. The monoisotopic (exact) mass is 199 g/mol. The van der Waals surface area contributed by atoms with Gasteiger partial charge in [0.2, 0.25) is 0 Å². The van der Waals surface area contributed by atoms with Crippen molar-refractivity contribution in [3.05, 3.63) is 0 Å². The zero-order valence-corrected chi connectivity index (χ0v) is 10.6. The van der Waals surface area contributed by atoms with Crippen molar-refractivity contribution in [3.63, 3.8) is 0 Å². The van der Waals surface area contributed by atoms with Gasteiger partial charge >= 0.3 is 0 Å². The summed E-state index contributed by atoms with van der Waals surface area (Å²) in [7, 11) is 0. The minimum atomic E-state index is 0.855. The average Bonchev–Trinajstić information content (AvgIpc) is 2.13. The number of nitrogens with one attached hydrogen (secondary N) is 1. The van der Waals surface area contributed by atoms with Gasteiger partial charge in [-0.1, -0.05) is 47.0 Å². The van der Waals surface area contributed by atoms with Gasteiger partial charge in [-0.15, -0.1) is 0 Å².